The molecule has 0 bridgehead atoms. The molecule has 0 atom stereocenters. The topological polar surface area (TPSA) is 80.0 Å². The highest BCUT2D eigenvalue weighted by atomic mass is 79.9. The molecule has 0 spiro atoms. The van der Waals surface area contributed by atoms with Crippen LogP contribution in [0, 0.1) is 0 Å². The van der Waals surface area contributed by atoms with Crippen LogP contribution in [0.15, 0.2) is 41.0 Å². The number of nitrogens with two attached hydrogens (primary N) is 1. The number of benzene rings is 1. The van der Waals surface area contributed by atoms with Gasteiger partial charge >= 0.3 is 0 Å². The van der Waals surface area contributed by atoms with Crippen molar-refractivity contribution in [2.24, 2.45) is 5.84 Å². The van der Waals surface area contributed by atoms with Crippen LogP contribution in [0.5, 0.6) is 0 Å². The number of nitrogen functional groups attached to an aromatic ring is 1. The zero-order valence-electron chi connectivity index (χ0n) is 9.65. The van der Waals surface area contributed by atoms with Crippen molar-refractivity contribution in [2.45, 2.75) is 0 Å². The second kappa shape index (κ2) is 6.01. The summed E-state index contributed by atoms with van der Waals surface area (Å²) in [7, 11) is 0. The molecule has 0 fully saturated rings. The molecule has 5 nitrogen and oxygen atoms in total. The van der Waals surface area contributed by atoms with E-state index in [9.17, 15) is 4.79 Å². The zero-order valence-corrected chi connectivity index (χ0v) is 12.0. The van der Waals surface area contributed by atoms with E-state index in [1.165, 1.54) is 6.20 Å². The highest BCUT2D eigenvalue weighted by molar-refractivity contribution is 9.10. The molecule has 4 N–H and O–H groups in total. The first-order chi connectivity index (χ1) is 9.10. The van der Waals surface area contributed by atoms with Crippen LogP contribution < -0.4 is 16.6 Å². The highest BCUT2D eigenvalue weighted by Gasteiger charge is 2.10. The average Bonchev–Trinajstić information content (AvgIpc) is 2.43. The summed E-state index contributed by atoms with van der Waals surface area (Å²) in [5.41, 5.74) is 3.85. The van der Waals surface area contributed by atoms with Crippen LogP contribution >= 0.6 is 27.5 Å². The number of carbonyl (C=O) groups excluding carboxylic acids is 1. The van der Waals surface area contributed by atoms with E-state index in [0.29, 0.717) is 16.4 Å². The molecule has 0 saturated heterocycles. The highest BCUT2D eigenvalue weighted by Crippen LogP contribution is 2.26. The lowest BCUT2D eigenvalue weighted by molar-refractivity contribution is 0.102. The SMILES string of the molecule is NNc1ccc(C(=O)Nc2cc(Br)ccc2Cl)nc1. The molecule has 0 aliphatic carbocycles. The van der Waals surface area contributed by atoms with E-state index in [1.54, 1.807) is 30.3 Å². The van der Waals surface area contributed by atoms with E-state index in [2.05, 4.69) is 31.7 Å². The van der Waals surface area contributed by atoms with Crippen molar-refractivity contribution in [3.63, 3.8) is 0 Å². The fourth-order valence-electron chi connectivity index (χ4n) is 1.39. The van der Waals surface area contributed by atoms with E-state index >= 15 is 0 Å². The minimum absolute atomic E-state index is 0.273. The van der Waals surface area contributed by atoms with Gasteiger partial charge in [-0.2, -0.15) is 0 Å². The van der Waals surface area contributed by atoms with Gasteiger partial charge in [0.15, 0.2) is 0 Å². The Morgan fingerprint density at radius 2 is 2.11 bits per heavy atom. The van der Waals surface area contributed by atoms with Crippen LogP contribution in [0.2, 0.25) is 5.02 Å². The first kappa shape index (κ1) is 13.8. The number of hydrogen-bond acceptors (Lipinski definition) is 4. The Morgan fingerprint density at radius 3 is 2.74 bits per heavy atom. The first-order valence-electron chi connectivity index (χ1n) is 5.29. The molecule has 1 heterocycles. The number of rotatable bonds is 3. The third kappa shape index (κ3) is 3.44. The molecule has 0 unspecified atom stereocenters. The summed E-state index contributed by atoms with van der Waals surface area (Å²) in [6, 6.07) is 8.42. The van der Waals surface area contributed by atoms with Gasteiger partial charge in [-0.15, -0.1) is 0 Å². The van der Waals surface area contributed by atoms with E-state index in [-0.39, 0.29) is 11.6 Å². The number of aromatic nitrogens is 1. The van der Waals surface area contributed by atoms with Gasteiger partial charge in [0.2, 0.25) is 0 Å². The number of amides is 1. The lowest BCUT2D eigenvalue weighted by Crippen LogP contribution is -2.14. The second-order valence-electron chi connectivity index (χ2n) is 3.65. The van der Waals surface area contributed by atoms with Crippen LogP contribution in [-0.2, 0) is 0 Å². The van der Waals surface area contributed by atoms with Crippen LogP contribution in [0.25, 0.3) is 0 Å². The molecule has 0 radical (unpaired) electrons. The van der Waals surface area contributed by atoms with Gasteiger partial charge in [-0.1, -0.05) is 27.5 Å². The van der Waals surface area contributed by atoms with Crippen molar-refractivity contribution in [1.82, 2.24) is 4.98 Å². The summed E-state index contributed by atoms with van der Waals surface area (Å²) in [6.45, 7) is 0. The standard InChI is InChI=1S/C12H10BrClN4O/c13-7-1-3-9(14)11(5-7)17-12(19)10-4-2-8(18-15)6-16-10/h1-6,18H,15H2,(H,17,19). The summed E-state index contributed by atoms with van der Waals surface area (Å²) in [5.74, 6) is 4.88. The smallest absolute Gasteiger partial charge is 0.274 e. The van der Waals surface area contributed by atoms with Crippen molar-refractivity contribution >= 4 is 44.8 Å². The first-order valence-corrected chi connectivity index (χ1v) is 6.46. The molecule has 0 aliphatic rings. The van der Waals surface area contributed by atoms with Gasteiger partial charge in [0.1, 0.15) is 5.69 Å². The Labute approximate surface area is 123 Å². The number of nitrogens with one attached hydrogen (secondary N) is 2. The van der Waals surface area contributed by atoms with Gasteiger partial charge in [-0.25, -0.2) is 4.98 Å². The number of pyridine rings is 1. The molecular weight excluding hydrogens is 332 g/mol. The van der Waals surface area contributed by atoms with Gasteiger partial charge in [0, 0.05) is 4.47 Å². The van der Waals surface area contributed by atoms with E-state index in [0.717, 1.165) is 4.47 Å². The monoisotopic (exact) mass is 340 g/mol. The van der Waals surface area contributed by atoms with Crippen molar-refractivity contribution in [2.75, 3.05) is 10.7 Å². The van der Waals surface area contributed by atoms with Gasteiger partial charge in [0.25, 0.3) is 5.91 Å². The number of anilines is 2. The molecular formula is C12H10BrClN4O. The average molecular weight is 342 g/mol. The molecule has 2 rings (SSSR count). The van der Waals surface area contributed by atoms with E-state index in [1.807, 2.05) is 0 Å². The fourth-order valence-corrected chi connectivity index (χ4v) is 1.92. The minimum Gasteiger partial charge on any atom is -0.323 e. The predicted octanol–water partition coefficient (Wildman–Crippen LogP) is 3.04. The summed E-state index contributed by atoms with van der Waals surface area (Å²) >= 11 is 9.31. The third-order valence-electron chi connectivity index (χ3n) is 2.34. The van der Waals surface area contributed by atoms with Crippen LogP contribution in [0.4, 0.5) is 11.4 Å². The number of halogens is 2. The van der Waals surface area contributed by atoms with Crippen molar-refractivity contribution in [3.05, 3.63) is 51.7 Å². The number of hydrogen-bond donors (Lipinski definition) is 3. The lowest BCUT2D eigenvalue weighted by atomic mass is 10.3. The molecule has 98 valence electrons. The Kier molecular flexibility index (Phi) is 4.36. The maximum absolute atomic E-state index is 12.0. The van der Waals surface area contributed by atoms with Crippen molar-refractivity contribution < 1.29 is 4.79 Å². The van der Waals surface area contributed by atoms with Crippen molar-refractivity contribution in [3.8, 4) is 0 Å². The normalized spacial score (nSPS) is 10.1. The molecule has 0 saturated carbocycles. The summed E-state index contributed by atoms with van der Waals surface area (Å²) in [4.78, 5) is 16.0. The zero-order chi connectivity index (χ0) is 13.8. The number of hydrazine groups is 1. The summed E-state index contributed by atoms with van der Waals surface area (Å²) in [5, 5.41) is 3.15. The van der Waals surface area contributed by atoms with Gasteiger partial charge < -0.3 is 10.7 Å². The lowest BCUT2D eigenvalue weighted by Gasteiger charge is -2.07. The summed E-state index contributed by atoms with van der Waals surface area (Å²) < 4.78 is 0.822. The molecule has 1 aromatic heterocycles. The van der Waals surface area contributed by atoms with Gasteiger partial charge in [-0.3, -0.25) is 10.6 Å². The maximum Gasteiger partial charge on any atom is 0.274 e. The largest absolute Gasteiger partial charge is 0.323 e. The quantitative estimate of drug-likeness (QED) is 0.592. The number of carbonyl (C=O) groups is 1. The minimum atomic E-state index is -0.344. The molecule has 7 heteroatoms. The second-order valence-corrected chi connectivity index (χ2v) is 4.98. The Bertz CT molecular complexity index is 603. The maximum atomic E-state index is 12.0. The molecule has 0 aliphatic heterocycles. The Hall–Kier alpha value is -1.63. The van der Waals surface area contributed by atoms with E-state index < -0.39 is 0 Å². The number of nitrogens with zero attached hydrogens (tertiary/aromatic N) is 1. The van der Waals surface area contributed by atoms with Crippen LogP contribution in [-0.4, -0.2) is 10.9 Å². The van der Waals surface area contributed by atoms with Crippen LogP contribution in [0.1, 0.15) is 10.5 Å². The van der Waals surface area contributed by atoms with E-state index in [4.69, 9.17) is 17.4 Å². The predicted molar refractivity (Wildman–Crippen MR) is 79.2 cm³/mol. The van der Waals surface area contributed by atoms with Gasteiger partial charge in [0.05, 0.1) is 22.6 Å². The molecule has 2 aromatic rings. The Balaban J connectivity index is 2.18. The molecule has 1 aromatic carbocycles. The van der Waals surface area contributed by atoms with Gasteiger partial charge in [-0.05, 0) is 30.3 Å². The molecule has 19 heavy (non-hydrogen) atoms. The summed E-state index contributed by atoms with van der Waals surface area (Å²) in [6.07, 6.45) is 1.47. The molecule has 1 amide bonds. The third-order valence-corrected chi connectivity index (χ3v) is 3.16. The Morgan fingerprint density at radius 1 is 1.32 bits per heavy atom. The van der Waals surface area contributed by atoms with Crippen molar-refractivity contribution in [1.29, 1.82) is 0 Å². The van der Waals surface area contributed by atoms with Crippen LogP contribution in [0.3, 0.4) is 0 Å². The fraction of sp³-hybridized carbons (Fsp3) is 0.